The van der Waals surface area contributed by atoms with Crippen molar-refractivity contribution >= 4 is 28.0 Å². The first kappa shape index (κ1) is 13.9. The number of nitrogens with zero attached hydrogens (tertiary/aromatic N) is 2. The summed E-state index contributed by atoms with van der Waals surface area (Å²) in [6.07, 6.45) is 2.51. The predicted octanol–water partition coefficient (Wildman–Crippen LogP) is 2.68. The van der Waals surface area contributed by atoms with Crippen molar-refractivity contribution in [3.05, 3.63) is 38.8 Å². The number of thiophene rings is 1. The summed E-state index contributed by atoms with van der Waals surface area (Å²) in [7, 11) is 0. The molecule has 1 aromatic rings. The Hall–Kier alpha value is -2.02. The molecular formula is C14H14N2O4S. The van der Waals surface area contributed by atoms with Crippen molar-refractivity contribution in [1.82, 2.24) is 4.90 Å². The molecule has 6 nitrogen and oxygen atoms in total. The van der Waals surface area contributed by atoms with Crippen molar-refractivity contribution in [2.45, 2.75) is 38.3 Å². The molecule has 1 fully saturated rings. The minimum Gasteiger partial charge on any atom is -0.324 e. The first-order valence-electron chi connectivity index (χ1n) is 6.74. The first-order chi connectivity index (χ1) is 9.99. The Labute approximate surface area is 125 Å². The number of rotatable bonds is 2. The van der Waals surface area contributed by atoms with Crippen molar-refractivity contribution in [2.24, 2.45) is 0 Å². The summed E-state index contributed by atoms with van der Waals surface area (Å²) in [6.45, 7) is 4.02. The highest BCUT2D eigenvalue weighted by Crippen LogP contribution is 2.38. The van der Waals surface area contributed by atoms with E-state index >= 15 is 0 Å². The van der Waals surface area contributed by atoms with Gasteiger partial charge in [-0.15, -0.1) is 0 Å². The second-order valence-corrected chi connectivity index (χ2v) is 6.28. The van der Waals surface area contributed by atoms with Crippen LogP contribution < -0.4 is 0 Å². The molecule has 1 aromatic heterocycles. The van der Waals surface area contributed by atoms with Gasteiger partial charge >= 0.3 is 5.00 Å². The van der Waals surface area contributed by atoms with E-state index in [1.54, 1.807) is 0 Å². The van der Waals surface area contributed by atoms with Crippen LogP contribution in [-0.2, 0) is 11.3 Å². The third-order valence-corrected chi connectivity index (χ3v) is 5.01. The number of Topliss-reactive ketones (excluding diaryl/α,β-unsaturated/α-hetero) is 1. The van der Waals surface area contributed by atoms with Crippen molar-refractivity contribution in [2.75, 3.05) is 0 Å². The van der Waals surface area contributed by atoms with Crippen molar-refractivity contribution in [1.29, 1.82) is 0 Å². The van der Waals surface area contributed by atoms with Crippen molar-refractivity contribution in [3.63, 3.8) is 0 Å². The molecule has 0 saturated heterocycles. The maximum Gasteiger partial charge on any atom is 0.329 e. The molecule has 0 spiro atoms. The standard InChI is InChI=1S/C14H14N2O4S/c1-8-3-2-4-11(12(17)5-8)15-6-9-10(13(15)18)7-21-14(9)16(19)20/h7,11H,1-6H2/t11-/m0/s1. The lowest BCUT2D eigenvalue weighted by molar-refractivity contribution is -0.380. The summed E-state index contributed by atoms with van der Waals surface area (Å²) in [6, 6.07) is -0.478. The Kier molecular flexibility index (Phi) is 3.36. The van der Waals surface area contributed by atoms with E-state index in [0.29, 0.717) is 24.0 Å². The maximum absolute atomic E-state index is 12.4. The number of fused-ring (bicyclic) bond motifs is 1. The molecule has 21 heavy (non-hydrogen) atoms. The molecule has 1 amide bonds. The van der Waals surface area contributed by atoms with Crippen LogP contribution in [0.1, 0.15) is 41.6 Å². The molecule has 1 aliphatic heterocycles. The Morgan fingerprint density at radius 2 is 2.19 bits per heavy atom. The fourth-order valence-electron chi connectivity index (χ4n) is 2.99. The van der Waals surface area contributed by atoms with Gasteiger partial charge in [0, 0.05) is 11.8 Å². The molecular weight excluding hydrogens is 292 g/mol. The number of ketones is 1. The van der Waals surface area contributed by atoms with E-state index in [2.05, 4.69) is 6.58 Å². The minimum atomic E-state index is -0.478. The van der Waals surface area contributed by atoms with Crippen LogP contribution in [0.2, 0.25) is 0 Å². The summed E-state index contributed by atoms with van der Waals surface area (Å²) in [5.74, 6) is -0.275. The highest BCUT2D eigenvalue weighted by atomic mass is 32.1. The van der Waals surface area contributed by atoms with Gasteiger partial charge in [0.15, 0.2) is 5.78 Å². The molecule has 1 atom stereocenters. The van der Waals surface area contributed by atoms with E-state index in [0.717, 1.165) is 29.8 Å². The van der Waals surface area contributed by atoms with Crippen LogP contribution in [0.4, 0.5) is 5.00 Å². The zero-order chi connectivity index (χ0) is 15.1. The minimum absolute atomic E-state index is 0.00586. The van der Waals surface area contributed by atoms with Crippen LogP contribution in [0.15, 0.2) is 17.5 Å². The normalized spacial score (nSPS) is 22.4. The molecule has 7 heteroatoms. The molecule has 0 radical (unpaired) electrons. The van der Waals surface area contributed by atoms with E-state index in [4.69, 9.17) is 0 Å². The Morgan fingerprint density at radius 3 is 2.90 bits per heavy atom. The van der Waals surface area contributed by atoms with Crippen LogP contribution in [0, 0.1) is 10.1 Å². The predicted molar refractivity (Wildman–Crippen MR) is 77.2 cm³/mol. The summed E-state index contributed by atoms with van der Waals surface area (Å²) >= 11 is 0.972. The Morgan fingerprint density at radius 1 is 1.43 bits per heavy atom. The zero-order valence-electron chi connectivity index (χ0n) is 11.3. The van der Waals surface area contributed by atoms with Gasteiger partial charge in [-0.05, 0) is 19.3 Å². The fraction of sp³-hybridized carbons (Fsp3) is 0.429. The van der Waals surface area contributed by atoms with E-state index < -0.39 is 11.0 Å². The largest absolute Gasteiger partial charge is 0.329 e. The average Bonchev–Trinajstić information content (AvgIpc) is 2.90. The topological polar surface area (TPSA) is 80.5 Å². The first-order valence-corrected chi connectivity index (χ1v) is 7.62. The third kappa shape index (κ3) is 2.27. The van der Waals surface area contributed by atoms with E-state index in [1.165, 1.54) is 10.3 Å². The lowest BCUT2D eigenvalue weighted by Gasteiger charge is -2.25. The molecule has 0 unspecified atom stereocenters. The summed E-state index contributed by atoms with van der Waals surface area (Å²) in [5, 5.41) is 12.5. The van der Waals surface area contributed by atoms with Gasteiger partial charge in [0.2, 0.25) is 0 Å². The number of allylic oxidation sites excluding steroid dienone is 1. The molecule has 2 heterocycles. The lowest BCUT2D eigenvalue weighted by atomic mass is 10.1. The molecule has 1 saturated carbocycles. The summed E-state index contributed by atoms with van der Waals surface area (Å²) < 4.78 is 0. The molecule has 0 bridgehead atoms. The highest BCUT2D eigenvalue weighted by Gasteiger charge is 2.41. The molecule has 0 N–H and O–H groups in total. The van der Waals surface area contributed by atoms with Gasteiger partial charge in [-0.25, -0.2) is 0 Å². The van der Waals surface area contributed by atoms with Crippen LogP contribution in [-0.4, -0.2) is 27.6 Å². The fourth-order valence-corrected chi connectivity index (χ4v) is 3.87. The molecule has 3 rings (SSSR count). The van der Waals surface area contributed by atoms with Crippen molar-refractivity contribution < 1.29 is 14.5 Å². The van der Waals surface area contributed by atoms with Gasteiger partial charge in [0.05, 0.1) is 28.6 Å². The number of nitro groups is 1. The quantitative estimate of drug-likeness (QED) is 0.364. The van der Waals surface area contributed by atoms with Crippen LogP contribution >= 0.6 is 11.3 Å². The highest BCUT2D eigenvalue weighted by molar-refractivity contribution is 7.13. The van der Waals surface area contributed by atoms with Gasteiger partial charge < -0.3 is 4.90 Å². The van der Waals surface area contributed by atoms with Crippen LogP contribution in [0.3, 0.4) is 0 Å². The molecule has 110 valence electrons. The smallest absolute Gasteiger partial charge is 0.324 e. The molecule has 2 aliphatic rings. The average molecular weight is 306 g/mol. The van der Waals surface area contributed by atoms with Gasteiger partial charge in [-0.1, -0.05) is 23.5 Å². The van der Waals surface area contributed by atoms with Crippen LogP contribution in [0.5, 0.6) is 0 Å². The summed E-state index contributed by atoms with van der Waals surface area (Å²) in [4.78, 5) is 36.7. The van der Waals surface area contributed by atoms with Gasteiger partial charge in [0.25, 0.3) is 5.91 Å². The van der Waals surface area contributed by atoms with Gasteiger partial charge in [-0.3, -0.25) is 19.7 Å². The monoisotopic (exact) mass is 306 g/mol. The lowest BCUT2D eigenvalue weighted by Crippen LogP contribution is -2.40. The number of carbonyl (C=O) groups excluding carboxylic acids is 2. The van der Waals surface area contributed by atoms with E-state index in [-0.39, 0.29) is 23.2 Å². The van der Waals surface area contributed by atoms with Gasteiger partial charge in [0.1, 0.15) is 0 Å². The second kappa shape index (κ2) is 5.07. The van der Waals surface area contributed by atoms with Crippen molar-refractivity contribution in [3.8, 4) is 0 Å². The van der Waals surface area contributed by atoms with E-state index in [1.807, 2.05) is 0 Å². The number of carbonyl (C=O) groups is 2. The molecule has 1 aliphatic carbocycles. The maximum atomic E-state index is 12.4. The molecule has 0 aromatic carbocycles. The number of amides is 1. The number of hydrogen-bond donors (Lipinski definition) is 0. The third-order valence-electron chi connectivity index (χ3n) is 4.04. The van der Waals surface area contributed by atoms with Crippen LogP contribution in [0.25, 0.3) is 0 Å². The Balaban J connectivity index is 1.88. The SMILES string of the molecule is C=C1CCC[C@H](N2Cc3c(csc3[N+](=O)[O-])C2=O)C(=O)C1. The van der Waals surface area contributed by atoms with E-state index in [9.17, 15) is 19.7 Å². The number of hydrogen-bond acceptors (Lipinski definition) is 5. The summed E-state index contributed by atoms with van der Waals surface area (Å²) in [5.41, 5.74) is 1.72. The second-order valence-electron chi connectivity index (χ2n) is 5.42. The Bertz CT molecular complexity index is 664. The van der Waals surface area contributed by atoms with Gasteiger partial charge in [-0.2, -0.15) is 0 Å². The zero-order valence-corrected chi connectivity index (χ0v) is 12.1.